The van der Waals surface area contributed by atoms with Gasteiger partial charge in [0.05, 0.1) is 6.42 Å². The molecule has 45 heavy (non-hydrogen) atoms. The number of alkyl halides is 3. The molecule has 1 aromatic carbocycles. The van der Waals surface area contributed by atoms with Gasteiger partial charge in [0.25, 0.3) is 5.91 Å². The zero-order chi connectivity index (χ0) is 31.6. The largest absolute Gasteiger partial charge is 0.389 e. The lowest BCUT2D eigenvalue weighted by Crippen LogP contribution is -2.38. The molecule has 1 saturated heterocycles. The molecule has 0 N–H and O–H groups in total. The Labute approximate surface area is 259 Å². The lowest BCUT2D eigenvalue weighted by atomic mass is 9.92. The van der Waals surface area contributed by atoms with Gasteiger partial charge in [-0.1, -0.05) is 24.3 Å². The zero-order valence-electron chi connectivity index (χ0n) is 25.1. The molecule has 2 aliphatic heterocycles. The number of likely N-dealkylation sites (tertiary alicyclic amines) is 1. The van der Waals surface area contributed by atoms with Gasteiger partial charge in [0.2, 0.25) is 5.91 Å². The van der Waals surface area contributed by atoms with Crippen LogP contribution in [0.2, 0.25) is 0 Å². The second kappa shape index (κ2) is 12.8. The minimum absolute atomic E-state index is 0.0359. The third kappa shape index (κ3) is 7.24. The highest BCUT2D eigenvalue weighted by atomic mass is 19.4. The molecule has 0 aliphatic carbocycles. The van der Waals surface area contributed by atoms with Crippen molar-refractivity contribution in [2.75, 3.05) is 26.2 Å². The van der Waals surface area contributed by atoms with Gasteiger partial charge in [-0.25, -0.2) is 9.50 Å². The smallest absolute Gasteiger partial charge is 0.339 e. The van der Waals surface area contributed by atoms with E-state index in [4.69, 9.17) is 4.98 Å². The monoisotopic (exact) mass is 616 g/mol. The van der Waals surface area contributed by atoms with Crippen molar-refractivity contribution in [3.8, 4) is 0 Å². The molecule has 0 saturated carbocycles. The standard InChI is InChI=1S/C34H35F3N6O2/c1-23-4-9-29(38-22-23)26-13-19-42(20-14-26)33(45)27-7-5-24(6-8-27)21-30-39-32-28(3-2-16-43(32)40-30)25-11-17-41(18-12-25)31(44)10-15-34(35,36)37/h2-9,11,16,22,26H,10,12-15,17-21H2,1H3. The Bertz CT molecular complexity index is 1700. The van der Waals surface area contributed by atoms with Gasteiger partial charge < -0.3 is 9.80 Å². The maximum Gasteiger partial charge on any atom is 0.389 e. The van der Waals surface area contributed by atoms with Crippen LogP contribution in [0.4, 0.5) is 13.2 Å². The van der Waals surface area contributed by atoms with Gasteiger partial charge >= 0.3 is 6.18 Å². The number of aromatic nitrogens is 4. The van der Waals surface area contributed by atoms with Crippen LogP contribution in [-0.2, 0) is 11.2 Å². The van der Waals surface area contributed by atoms with Crippen LogP contribution in [-0.4, -0.2) is 73.6 Å². The molecule has 4 aromatic rings. The Balaban J connectivity index is 1.07. The predicted octanol–water partition coefficient (Wildman–Crippen LogP) is 6.00. The van der Waals surface area contributed by atoms with Crippen molar-refractivity contribution in [3.05, 3.63) is 101 Å². The molecular weight excluding hydrogens is 581 g/mol. The molecule has 0 bridgehead atoms. The summed E-state index contributed by atoms with van der Waals surface area (Å²) in [5.41, 5.74) is 6.45. The predicted molar refractivity (Wildman–Crippen MR) is 164 cm³/mol. The van der Waals surface area contributed by atoms with Gasteiger partial charge in [0, 0.05) is 74.2 Å². The summed E-state index contributed by atoms with van der Waals surface area (Å²) >= 11 is 0. The number of fused-ring (bicyclic) bond motifs is 1. The van der Waals surface area contributed by atoms with E-state index in [1.54, 1.807) is 4.52 Å². The molecule has 6 rings (SSSR count). The first kappa shape index (κ1) is 30.5. The van der Waals surface area contributed by atoms with E-state index in [2.05, 4.69) is 22.2 Å². The zero-order valence-corrected chi connectivity index (χ0v) is 25.1. The van der Waals surface area contributed by atoms with Crippen molar-refractivity contribution in [3.63, 3.8) is 0 Å². The van der Waals surface area contributed by atoms with Crippen LogP contribution < -0.4 is 0 Å². The number of nitrogens with zero attached hydrogens (tertiary/aromatic N) is 6. The lowest BCUT2D eigenvalue weighted by molar-refractivity contribution is -0.148. The summed E-state index contributed by atoms with van der Waals surface area (Å²) in [5, 5.41) is 4.65. The number of carbonyl (C=O) groups excluding carboxylic acids is 2. The van der Waals surface area contributed by atoms with Crippen molar-refractivity contribution < 1.29 is 22.8 Å². The average Bonchev–Trinajstić information content (AvgIpc) is 3.46. The fourth-order valence-corrected chi connectivity index (χ4v) is 6.05. The van der Waals surface area contributed by atoms with Gasteiger partial charge in [0.1, 0.15) is 0 Å². The highest BCUT2D eigenvalue weighted by Crippen LogP contribution is 2.29. The molecule has 0 spiro atoms. The van der Waals surface area contributed by atoms with E-state index in [1.807, 2.05) is 66.7 Å². The number of pyridine rings is 2. The van der Waals surface area contributed by atoms with E-state index < -0.39 is 24.9 Å². The second-order valence-electron chi connectivity index (χ2n) is 11.9. The molecule has 1 fully saturated rings. The Morgan fingerprint density at radius 1 is 0.978 bits per heavy atom. The summed E-state index contributed by atoms with van der Waals surface area (Å²) in [5.74, 6) is 0.557. The first-order valence-electron chi connectivity index (χ1n) is 15.3. The Morgan fingerprint density at radius 2 is 1.76 bits per heavy atom. The number of halogens is 3. The topological polar surface area (TPSA) is 83.7 Å². The van der Waals surface area contributed by atoms with Gasteiger partial charge in [0.15, 0.2) is 11.5 Å². The van der Waals surface area contributed by atoms with E-state index in [0.29, 0.717) is 55.4 Å². The van der Waals surface area contributed by atoms with E-state index in [1.165, 1.54) is 4.90 Å². The fraction of sp³-hybridized carbons (Fsp3) is 0.382. The molecular formula is C34H35F3N6O2. The summed E-state index contributed by atoms with van der Waals surface area (Å²) in [6, 6.07) is 15.6. The number of carbonyl (C=O) groups is 2. The maximum absolute atomic E-state index is 13.2. The number of rotatable bonds is 7. The second-order valence-corrected chi connectivity index (χ2v) is 11.9. The summed E-state index contributed by atoms with van der Waals surface area (Å²) in [4.78, 5) is 38.2. The Kier molecular flexibility index (Phi) is 8.69. The molecule has 2 aliphatic rings. The van der Waals surface area contributed by atoms with Gasteiger partial charge in [-0.3, -0.25) is 14.6 Å². The first-order chi connectivity index (χ1) is 21.6. The first-order valence-corrected chi connectivity index (χ1v) is 15.3. The molecule has 3 aromatic heterocycles. The Morgan fingerprint density at radius 3 is 2.42 bits per heavy atom. The van der Waals surface area contributed by atoms with E-state index in [0.717, 1.165) is 40.8 Å². The minimum atomic E-state index is -4.34. The molecule has 11 heteroatoms. The average molecular weight is 617 g/mol. The van der Waals surface area contributed by atoms with Gasteiger partial charge in [-0.05, 0) is 73.2 Å². The van der Waals surface area contributed by atoms with Crippen LogP contribution in [0.1, 0.15) is 76.6 Å². The molecule has 8 nitrogen and oxygen atoms in total. The molecule has 0 radical (unpaired) electrons. The maximum atomic E-state index is 13.2. The molecule has 5 heterocycles. The van der Waals surface area contributed by atoms with Gasteiger partial charge in [-0.15, -0.1) is 0 Å². The van der Waals surface area contributed by atoms with Crippen LogP contribution in [0.25, 0.3) is 11.2 Å². The van der Waals surface area contributed by atoms with Crippen LogP contribution >= 0.6 is 0 Å². The van der Waals surface area contributed by atoms with Gasteiger partial charge in [-0.2, -0.15) is 18.3 Å². The summed E-state index contributed by atoms with van der Waals surface area (Å²) in [7, 11) is 0. The SMILES string of the molecule is Cc1ccc(C2CCN(C(=O)c3ccc(Cc4nc5c(C6=CCN(C(=O)CCC(F)(F)F)CC6)cccn5n4)cc3)CC2)nc1. The Hall–Kier alpha value is -4.54. The van der Waals surface area contributed by atoms with Crippen molar-refractivity contribution >= 4 is 23.0 Å². The van der Waals surface area contributed by atoms with Crippen molar-refractivity contribution in [1.82, 2.24) is 29.4 Å². The molecule has 234 valence electrons. The number of aryl methyl sites for hydroxylation is 1. The molecule has 0 atom stereocenters. The van der Waals surface area contributed by atoms with Crippen molar-refractivity contribution in [2.45, 2.75) is 57.5 Å². The highest BCUT2D eigenvalue weighted by Gasteiger charge is 2.30. The van der Waals surface area contributed by atoms with Crippen LogP contribution in [0.15, 0.2) is 67.0 Å². The number of hydrogen-bond donors (Lipinski definition) is 0. The molecule has 2 amide bonds. The minimum Gasteiger partial charge on any atom is -0.339 e. The normalized spacial score (nSPS) is 16.2. The van der Waals surface area contributed by atoms with Crippen LogP contribution in [0, 0.1) is 6.92 Å². The van der Waals surface area contributed by atoms with E-state index in [9.17, 15) is 22.8 Å². The van der Waals surface area contributed by atoms with Crippen molar-refractivity contribution in [1.29, 1.82) is 0 Å². The summed E-state index contributed by atoms with van der Waals surface area (Å²) in [6.45, 7) is 4.06. The van der Waals surface area contributed by atoms with E-state index in [-0.39, 0.29) is 12.5 Å². The highest BCUT2D eigenvalue weighted by molar-refractivity contribution is 5.94. The summed E-state index contributed by atoms with van der Waals surface area (Å²) < 4.78 is 39.3. The summed E-state index contributed by atoms with van der Waals surface area (Å²) in [6.07, 6.45) is 2.44. The fourth-order valence-electron chi connectivity index (χ4n) is 6.05. The quantitative estimate of drug-likeness (QED) is 0.254. The number of hydrogen-bond acceptors (Lipinski definition) is 5. The number of benzene rings is 1. The number of piperidine rings is 1. The third-order valence-corrected chi connectivity index (χ3v) is 8.63. The lowest BCUT2D eigenvalue weighted by Gasteiger charge is -2.32. The van der Waals surface area contributed by atoms with Crippen LogP contribution in [0.3, 0.4) is 0 Å². The van der Waals surface area contributed by atoms with Crippen molar-refractivity contribution in [2.24, 2.45) is 0 Å². The molecule has 0 unspecified atom stereocenters. The third-order valence-electron chi connectivity index (χ3n) is 8.63. The van der Waals surface area contributed by atoms with E-state index >= 15 is 0 Å². The number of amides is 2. The van der Waals surface area contributed by atoms with Crippen LogP contribution in [0.5, 0.6) is 0 Å².